The van der Waals surface area contributed by atoms with Crippen LogP contribution in [-0.4, -0.2) is 17.5 Å². The first kappa shape index (κ1) is 17.7. The van der Waals surface area contributed by atoms with Crippen molar-refractivity contribution in [1.82, 2.24) is 10.3 Å². The lowest BCUT2D eigenvalue weighted by molar-refractivity contribution is -0.121. The summed E-state index contributed by atoms with van der Waals surface area (Å²) in [6.45, 7) is 0.517. The molecule has 0 radical (unpaired) electrons. The molecule has 0 aliphatic heterocycles. The maximum atomic E-state index is 12.4. The molecule has 26 heavy (non-hydrogen) atoms. The fraction of sp³-hybridized carbons (Fsp3) is 0.182. The van der Waals surface area contributed by atoms with Crippen molar-refractivity contribution in [2.24, 2.45) is 0 Å². The van der Waals surface area contributed by atoms with Crippen LogP contribution in [-0.2, 0) is 4.79 Å². The van der Waals surface area contributed by atoms with Crippen LogP contribution >= 0.6 is 0 Å². The van der Waals surface area contributed by atoms with Gasteiger partial charge in [0.15, 0.2) is 0 Å². The molecule has 1 N–H and O–H groups in total. The molecule has 1 unspecified atom stereocenters. The summed E-state index contributed by atoms with van der Waals surface area (Å²) in [7, 11) is 0. The minimum atomic E-state index is -0.179. The molecule has 1 amide bonds. The third-order valence-electron chi connectivity index (χ3n) is 4.04. The number of para-hydroxylation sites is 1. The molecular formula is C22H22N2O2. The van der Waals surface area contributed by atoms with E-state index in [2.05, 4.69) is 10.3 Å². The Morgan fingerprint density at radius 2 is 1.50 bits per heavy atom. The molecule has 0 aliphatic rings. The van der Waals surface area contributed by atoms with Crippen LogP contribution in [0.15, 0.2) is 85.2 Å². The molecule has 0 spiro atoms. The lowest BCUT2D eigenvalue weighted by Gasteiger charge is -2.19. The van der Waals surface area contributed by atoms with Gasteiger partial charge in [-0.1, -0.05) is 48.5 Å². The molecule has 0 aliphatic carbocycles. The number of benzene rings is 2. The highest BCUT2D eigenvalue weighted by Gasteiger charge is 2.16. The summed E-state index contributed by atoms with van der Waals surface area (Å²) in [5, 5.41) is 3.13. The molecule has 0 saturated heterocycles. The number of rotatable bonds is 8. The molecule has 4 nitrogen and oxygen atoms in total. The summed E-state index contributed by atoms with van der Waals surface area (Å²) in [5.74, 6) is 0.833. The van der Waals surface area contributed by atoms with Crippen LogP contribution in [0.4, 0.5) is 0 Å². The number of ether oxygens (including phenoxy) is 1. The van der Waals surface area contributed by atoms with Crippen molar-refractivity contribution in [3.05, 3.63) is 96.3 Å². The van der Waals surface area contributed by atoms with Gasteiger partial charge in [-0.25, -0.2) is 0 Å². The maximum absolute atomic E-state index is 12.4. The second kappa shape index (κ2) is 9.37. The van der Waals surface area contributed by atoms with E-state index in [-0.39, 0.29) is 11.9 Å². The fourth-order valence-corrected chi connectivity index (χ4v) is 2.73. The Balaban J connectivity index is 1.56. The molecular weight excluding hydrogens is 324 g/mol. The summed E-state index contributed by atoms with van der Waals surface area (Å²) in [4.78, 5) is 16.5. The third-order valence-corrected chi connectivity index (χ3v) is 4.04. The van der Waals surface area contributed by atoms with Crippen LogP contribution in [0.2, 0.25) is 0 Å². The molecule has 1 atom stereocenters. The van der Waals surface area contributed by atoms with Crippen molar-refractivity contribution in [2.45, 2.75) is 18.9 Å². The second-order valence-corrected chi connectivity index (χ2v) is 5.96. The number of pyridine rings is 1. The van der Waals surface area contributed by atoms with Gasteiger partial charge in [-0.05, 0) is 41.8 Å². The molecule has 3 aromatic rings. The Morgan fingerprint density at radius 3 is 2.19 bits per heavy atom. The smallest absolute Gasteiger partial charge is 0.220 e. The highest BCUT2D eigenvalue weighted by atomic mass is 16.5. The lowest BCUT2D eigenvalue weighted by atomic mass is 9.99. The van der Waals surface area contributed by atoms with Gasteiger partial charge in [0, 0.05) is 18.8 Å². The first-order valence-corrected chi connectivity index (χ1v) is 8.75. The van der Waals surface area contributed by atoms with E-state index in [0.717, 1.165) is 16.9 Å². The van der Waals surface area contributed by atoms with Gasteiger partial charge in [0.05, 0.1) is 12.6 Å². The van der Waals surface area contributed by atoms with Crippen LogP contribution in [0.3, 0.4) is 0 Å². The summed E-state index contributed by atoms with van der Waals surface area (Å²) in [5.41, 5.74) is 2.06. The molecule has 4 heteroatoms. The van der Waals surface area contributed by atoms with E-state index < -0.39 is 0 Å². The van der Waals surface area contributed by atoms with Gasteiger partial charge in [0.1, 0.15) is 5.75 Å². The first-order valence-electron chi connectivity index (χ1n) is 8.75. The molecule has 2 aromatic carbocycles. The number of carbonyl (C=O) groups is 1. The van der Waals surface area contributed by atoms with Gasteiger partial charge >= 0.3 is 0 Å². The Hall–Kier alpha value is -3.14. The average molecular weight is 346 g/mol. The first-order chi connectivity index (χ1) is 12.8. The van der Waals surface area contributed by atoms with E-state index in [4.69, 9.17) is 4.74 Å². The molecule has 132 valence electrons. The van der Waals surface area contributed by atoms with E-state index in [1.165, 1.54) is 0 Å². The van der Waals surface area contributed by atoms with Crippen LogP contribution in [0.5, 0.6) is 5.75 Å². The number of aromatic nitrogens is 1. The van der Waals surface area contributed by atoms with E-state index in [0.29, 0.717) is 19.4 Å². The predicted molar refractivity (Wildman–Crippen MR) is 102 cm³/mol. The van der Waals surface area contributed by atoms with Gasteiger partial charge in [0.2, 0.25) is 5.91 Å². The number of nitrogens with zero attached hydrogens (tertiary/aromatic N) is 1. The SMILES string of the molecule is O=C(CCCOc1ccccc1)NC(c1ccccc1)c1ccncc1. The number of hydrogen-bond acceptors (Lipinski definition) is 3. The summed E-state index contributed by atoms with van der Waals surface area (Å²) < 4.78 is 5.64. The van der Waals surface area contributed by atoms with Crippen molar-refractivity contribution in [3.63, 3.8) is 0 Å². The normalized spacial score (nSPS) is 11.5. The largest absolute Gasteiger partial charge is 0.494 e. The van der Waals surface area contributed by atoms with Gasteiger partial charge in [0.25, 0.3) is 0 Å². The molecule has 3 rings (SSSR count). The van der Waals surface area contributed by atoms with Crippen molar-refractivity contribution in [2.75, 3.05) is 6.61 Å². The van der Waals surface area contributed by atoms with Gasteiger partial charge < -0.3 is 10.1 Å². The quantitative estimate of drug-likeness (QED) is 0.624. The monoisotopic (exact) mass is 346 g/mol. The number of hydrogen-bond donors (Lipinski definition) is 1. The lowest BCUT2D eigenvalue weighted by Crippen LogP contribution is -2.29. The minimum Gasteiger partial charge on any atom is -0.494 e. The van der Waals surface area contributed by atoms with Gasteiger partial charge in [-0.2, -0.15) is 0 Å². The van der Waals surface area contributed by atoms with E-state index >= 15 is 0 Å². The predicted octanol–water partition coefficient (Wildman–Crippen LogP) is 4.15. The van der Waals surface area contributed by atoms with Gasteiger partial charge in [-0.15, -0.1) is 0 Å². The van der Waals surface area contributed by atoms with Crippen molar-refractivity contribution in [1.29, 1.82) is 0 Å². The summed E-state index contributed by atoms with van der Waals surface area (Å²) in [6.07, 6.45) is 4.57. The summed E-state index contributed by atoms with van der Waals surface area (Å²) >= 11 is 0. The minimum absolute atomic E-state index is 0.00678. The van der Waals surface area contributed by atoms with E-state index in [9.17, 15) is 4.79 Å². The van der Waals surface area contributed by atoms with Crippen molar-refractivity contribution < 1.29 is 9.53 Å². The Labute approximate surface area is 153 Å². The zero-order valence-electron chi connectivity index (χ0n) is 14.5. The molecule has 1 heterocycles. The molecule has 0 saturated carbocycles. The highest BCUT2D eigenvalue weighted by molar-refractivity contribution is 5.77. The summed E-state index contributed by atoms with van der Waals surface area (Å²) in [6, 6.07) is 23.3. The van der Waals surface area contributed by atoms with E-state index in [1.807, 2.05) is 72.8 Å². The molecule has 0 fully saturated rings. The Kier molecular flexibility index (Phi) is 6.37. The zero-order chi connectivity index (χ0) is 18.0. The number of nitrogens with one attached hydrogen (secondary N) is 1. The maximum Gasteiger partial charge on any atom is 0.220 e. The van der Waals surface area contributed by atoms with Crippen LogP contribution in [0.1, 0.15) is 30.0 Å². The standard InChI is InChI=1S/C22H22N2O2/c25-21(12-7-17-26-20-10-5-2-6-11-20)24-22(18-8-3-1-4-9-18)19-13-15-23-16-14-19/h1-6,8-11,13-16,22H,7,12,17H2,(H,24,25). The third kappa shape index (κ3) is 5.18. The fourth-order valence-electron chi connectivity index (χ4n) is 2.73. The average Bonchev–Trinajstić information content (AvgIpc) is 2.71. The highest BCUT2D eigenvalue weighted by Crippen LogP contribution is 2.21. The Bertz CT molecular complexity index is 753. The second-order valence-electron chi connectivity index (χ2n) is 5.96. The van der Waals surface area contributed by atoms with Crippen molar-refractivity contribution in [3.8, 4) is 5.75 Å². The van der Waals surface area contributed by atoms with Crippen LogP contribution in [0, 0.1) is 0 Å². The van der Waals surface area contributed by atoms with Gasteiger partial charge in [-0.3, -0.25) is 9.78 Å². The number of carbonyl (C=O) groups excluding carboxylic acids is 1. The van der Waals surface area contributed by atoms with Crippen LogP contribution < -0.4 is 10.1 Å². The van der Waals surface area contributed by atoms with Crippen molar-refractivity contribution >= 4 is 5.91 Å². The topological polar surface area (TPSA) is 51.2 Å². The molecule has 0 bridgehead atoms. The molecule has 1 aromatic heterocycles. The number of amides is 1. The zero-order valence-corrected chi connectivity index (χ0v) is 14.5. The Morgan fingerprint density at radius 1 is 0.885 bits per heavy atom. The van der Waals surface area contributed by atoms with E-state index in [1.54, 1.807) is 12.4 Å². The van der Waals surface area contributed by atoms with Crippen LogP contribution in [0.25, 0.3) is 0 Å².